The molecule has 2 unspecified atom stereocenters. The maximum Gasteiger partial charge on any atom is 0.0576 e. The van der Waals surface area contributed by atoms with Crippen molar-refractivity contribution in [1.29, 1.82) is 0 Å². The zero-order valence-corrected chi connectivity index (χ0v) is 11.9. The van der Waals surface area contributed by atoms with Gasteiger partial charge in [-0.15, -0.1) is 11.8 Å². The van der Waals surface area contributed by atoms with E-state index in [0.717, 1.165) is 25.9 Å². The maximum atomic E-state index is 6.30. The van der Waals surface area contributed by atoms with Crippen molar-refractivity contribution in [2.24, 2.45) is 5.73 Å². The minimum atomic E-state index is 0.162. The number of hydrogen-bond acceptors (Lipinski definition) is 3. The molecule has 100 valence electrons. The monoisotopic (exact) mass is 265 g/mol. The number of benzene rings is 1. The molecule has 1 saturated heterocycles. The van der Waals surface area contributed by atoms with Crippen molar-refractivity contribution in [1.82, 2.24) is 0 Å². The molecule has 1 aromatic carbocycles. The second kappa shape index (κ2) is 7.17. The number of nitrogens with two attached hydrogens (primary N) is 1. The van der Waals surface area contributed by atoms with Gasteiger partial charge in [0.25, 0.3) is 0 Å². The number of thioether (sulfide) groups is 1. The highest BCUT2D eigenvalue weighted by Gasteiger charge is 2.16. The van der Waals surface area contributed by atoms with E-state index in [-0.39, 0.29) is 6.04 Å². The van der Waals surface area contributed by atoms with Gasteiger partial charge in [-0.3, -0.25) is 0 Å². The van der Waals surface area contributed by atoms with Crippen LogP contribution in [0.4, 0.5) is 0 Å². The van der Waals surface area contributed by atoms with Gasteiger partial charge in [0.2, 0.25) is 0 Å². The van der Waals surface area contributed by atoms with Crippen molar-refractivity contribution in [2.45, 2.75) is 49.1 Å². The van der Waals surface area contributed by atoms with Crippen LogP contribution < -0.4 is 5.73 Å². The highest BCUT2D eigenvalue weighted by atomic mass is 32.2. The molecule has 2 atom stereocenters. The Morgan fingerprint density at radius 3 is 3.00 bits per heavy atom. The minimum Gasteiger partial charge on any atom is -0.378 e. The summed E-state index contributed by atoms with van der Waals surface area (Å²) in [6.45, 7) is 0.950. The Balaban J connectivity index is 1.81. The van der Waals surface area contributed by atoms with Crippen molar-refractivity contribution in [3.63, 3.8) is 0 Å². The zero-order chi connectivity index (χ0) is 12.8. The van der Waals surface area contributed by atoms with E-state index >= 15 is 0 Å². The lowest BCUT2D eigenvalue weighted by molar-refractivity contribution is 0.101. The van der Waals surface area contributed by atoms with E-state index in [4.69, 9.17) is 10.5 Å². The highest BCUT2D eigenvalue weighted by molar-refractivity contribution is 7.98. The van der Waals surface area contributed by atoms with Gasteiger partial charge in [0.15, 0.2) is 0 Å². The SMILES string of the molecule is CSc1ccccc1C(N)CCCC1CCCO1. The van der Waals surface area contributed by atoms with Crippen molar-refractivity contribution in [3.8, 4) is 0 Å². The molecule has 2 rings (SSSR count). The molecule has 0 radical (unpaired) electrons. The van der Waals surface area contributed by atoms with Gasteiger partial charge in [0.1, 0.15) is 0 Å². The Morgan fingerprint density at radius 2 is 2.28 bits per heavy atom. The van der Waals surface area contributed by atoms with Gasteiger partial charge in [0.05, 0.1) is 6.10 Å². The summed E-state index contributed by atoms with van der Waals surface area (Å²) < 4.78 is 5.64. The third kappa shape index (κ3) is 3.74. The summed E-state index contributed by atoms with van der Waals surface area (Å²) in [6, 6.07) is 8.63. The zero-order valence-electron chi connectivity index (χ0n) is 11.1. The Labute approximate surface area is 114 Å². The molecule has 1 heterocycles. The van der Waals surface area contributed by atoms with Crippen molar-refractivity contribution in [3.05, 3.63) is 29.8 Å². The first kappa shape index (κ1) is 13.9. The molecule has 2 nitrogen and oxygen atoms in total. The molecule has 0 aliphatic carbocycles. The van der Waals surface area contributed by atoms with Crippen LogP contribution >= 0.6 is 11.8 Å². The molecule has 0 amide bonds. The standard InChI is InChI=1S/C15H23NOS/c1-18-15-10-3-2-8-13(15)14(16)9-4-6-12-7-5-11-17-12/h2-3,8,10,12,14H,4-7,9,11,16H2,1H3. The summed E-state index contributed by atoms with van der Waals surface area (Å²) in [7, 11) is 0. The molecule has 0 saturated carbocycles. The largest absolute Gasteiger partial charge is 0.378 e. The van der Waals surface area contributed by atoms with Crippen LogP contribution in [0.15, 0.2) is 29.2 Å². The fraction of sp³-hybridized carbons (Fsp3) is 0.600. The van der Waals surface area contributed by atoms with Crippen LogP contribution in [0.5, 0.6) is 0 Å². The molecular weight excluding hydrogens is 242 g/mol. The first-order valence-electron chi connectivity index (χ1n) is 6.81. The van der Waals surface area contributed by atoms with Crippen LogP contribution in [0, 0.1) is 0 Å². The number of hydrogen-bond donors (Lipinski definition) is 1. The Bertz CT molecular complexity index is 363. The van der Waals surface area contributed by atoms with Crippen molar-refractivity contribution >= 4 is 11.8 Å². The third-order valence-corrected chi connectivity index (χ3v) is 4.42. The lowest BCUT2D eigenvalue weighted by atomic mass is 10.00. The summed E-state index contributed by atoms with van der Waals surface area (Å²) in [6.07, 6.45) is 8.44. The summed E-state index contributed by atoms with van der Waals surface area (Å²) in [5.41, 5.74) is 7.59. The van der Waals surface area contributed by atoms with Crippen LogP contribution in [0.3, 0.4) is 0 Å². The fourth-order valence-electron chi connectivity index (χ4n) is 2.57. The van der Waals surface area contributed by atoms with Crippen LogP contribution in [-0.2, 0) is 4.74 Å². The van der Waals surface area contributed by atoms with Crippen LogP contribution in [0.25, 0.3) is 0 Å². The first-order valence-corrected chi connectivity index (χ1v) is 8.04. The molecule has 0 aromatic heterocycles. The normalized spacial score (nSPS) is 21.1. The highest BCUT2D eigenvalue weighted by Crippen LogP contribution is 2.28. The Hall–Kier alpha value is -0.510. The van der Waals surface area contributed by atoms with Gasteiger partial charge in [-0.05, 0) is 50.0 Å². The maximum absolute atomic E-state index is 6.30. The van der Waals surface area contributed by atoms with E-state index in [9.17, 15) is 0 Å². The topological polar surface area (TPSA) is 35.2 Å². The fourth-order valence-corrected chi connectivity index (χ4v) is 3.24. The van der Waals surface area contributed by atoms with E-state index in [0.29, 0.717) is 6.10 Å². The summed E-state index contributed by atoms with van der Waals surface area (Å²) in [5.74, 6) is 0. The van der Waals surface area contributed by atoms with Gasteiger partial charge >= 0.3 is 0 Å². The number of ether oxygens (including phenoxy) is 1. The third-order valence-electron chi connectivity index (χ3n) is 3.60. The quantitative estimate of drug-likeness (QED) is 0.795. The lowest BCUT2D eigenvalue weighted by Crippen LogP contribution is -2.13. The second-order valence-corrected chi connectivity index (χ2v) is 5.76. The van der Waals surface area contributed by atoms with E-state index in [1.165, 1.54) is 23.3 Å². The van der Waals surface area contributed by atoms with Crippen LogP contribution in [-0.4, -0.2) is 19.0 Å². The molecule has 1 aromatic rings. The molecule has 3 heteroatoms. The first-order chi connectivity index (χ1) is 8.81. The number of rotatable bonds is 6. The minimum absolute atomic E-state index is 0.162. The molecule has 18 heavy (non-hydrogen) atoms. The predicted octanol–water partition coefficient (Wildman–Crippen LogP) is 3.76. The molecule has 1 fully saturated rings. The smallest absolute Gasteiger partial charge is 0.0576 e. The van der Waals surface area contributed by atoms with Gasteiger partial charge in [-0.25, -0.2) is 0 Å². The Kier molecular flexibility index (Phi) is 5.54. The second-order valence-electron chi connectivity index (χ2n) is 4.91. The van der Waals surface area contributed by atoms with E-state index in [1.807, 2.05) is 0 Å². The van der Waals surface area contributed by atoms with Crippen LogP contribution in [0.2, 0.25) is 0 Å². The summed E-state index contributed by atoms with van der Waals surface area (Å²) in [4.78, 5) is 1.31. The Morgan fingerprint density at radius 1 is 1.44 bits per heavy atom. The van der Waals surface area contributed by atoms with Crippen molar-refractivity contribution in [2.75, 3.05) is 12.9 Å². The molecular formula is C15H23NOS. The molecule has 0 spiro atoms. The average Bonchev–Trinajstić information content (AvgIpc) is 2.91. The molecule has 1 aliphatic rings. The predicted molar refractivity (Wildman–Crippen MR) is 78.0 cm³/mol. The summed E-state index contributed by atoms with van der Waals surface area (Å²) in [5, 5.41) is 0. The lowest BCUT2D eigenvalue weighted by Gasteiger charge is -2.16. The molecule has 2 N–H and O–H groups in total. The summed E-state index contributed by atoms with van der Waals surface area (Å²) >= 11 is 1.78. The van der Waals surface area contributed by atoms with Gasteiger partial charge in [-0.2, -0.15) is 0 Å². The van der Waals surface area contributed by atoms with Gasteiger partial charge in [0, 0.05) is 17.5 Å². The average molecular weight is 265 g/mol. The molecule has 1 aliphatic heterocycles. The van der Waals surface area contributed by atoms with Gasteiger partial charge < -0.3 is 10.5 Å². The van der Waals surface area contributed by atoms with Crippen molar-refractivity contribution < 1.29 is 4.74 Å². The molecule has 0 bridgehead atoms. The van der Waals surface area contributed by atoms with Gasteiger partial charge in [-0.1, -0.05) is 18.2 Å². The van der Waals surface area contributed by atoms with E-state index < -0.39 is 0 Å². The van der Waals surface area contributed by atoms with E-state index in [2.05, 4.69) is 30.5 Å². The van der Waals surface area contributed by atoms with Crippen LogP contribution in [0.1, 0.15) is 43.7 Å². The van der Waals surface area contributed by atoms with E-state index in [1.54, 1.807) is 11.8 Å².